The molecule has 0 bridgehead atoms. The fraction of sp³-hybridized carbons (Fsp3) is 0.0714. The Morgan fingerprint density at radius 1 is 1.06 bits per heavy atom. The molecular weight excluding hydrogens is 210 g/mol. The summed E-state index contributed by atoms with van der Waals surface area (Å²) >= 11 is 0. The lowest BCUT2D eigenvalue weighted by Crippen LogP contribution is -1.99. The molecule has 0 unspecified atom stereocenters. The highest BCUT2D eigenvalue weighted by Gasteiger charge is 1.99. The predicted octanol–water partition coefficient (Wildman–Crippen LogP) is 2.67. The summed E-state index contributed by atoms with van der Waals surface area (Å²) in [5.41, 5.74) is 8.51. The molecule has 0 spiro atoms. The van der Waals surface area contributed by atoms with Gasteiger partial charge in [0.15, 0.2) is 0 Å². The molecular formula is C14H13N3. The highest BCUT2D eigenvalue weighted by Crippen LogP contribution is 2.16. The summed E-state index contributed by atoms with van der Waals surface area (Å²) in [4.78, 5) is 4.61. The SMILES string of the molecule is Nc1ccc2ccc(Cn3cccc3)nc2c1. The first-order valence-electron chi connectivity index (χ1n) is 5.57. The van der Waals surface area contributed by atoms with Crippen molar-refractivity contribution in [3.05, 3.63) is 60.6 Å². The summed E-state index contributed by atoms with van der Waals surface area (Å²) in [6.45, 7) is 0.789. The highest BCUT2D eigenvalue weighted by atomic mass is 14.9. The van der Waals surface area contributed by atoms with Gasteiger partial charge >= 0.3 is 0 Å². The standard InChI is InChI=1S/C14H13N3/c15-12-5-3-11-4-6-13(16-14(11)9-12)10-17-7-1-2-8-17/h1-9H,10,15H2. The lowest BCUT2D eigenvalue weighted by atomic mass is 10.2. The molecule has 2 N–H and O–H groups in total. The first-order chi connectivity index (χ1) is 8.31. The summed E-state index contributed by atoms with van der Waals surface area (Å²) < 4.78 is 2.10. The molecule has 0 fully saturated rings. The number of pyridine rings is 1. The van der Waals surface area contributed by atoms with Crippen LogP contribution >= 0.6 is 0 Å². The fourth-order valence-electron chi connectivity index (χ4n) is 1.93. The lowest BCUT2D eigenvalue weighted by molar-refractivity contribution is 0.785. The van der Waals surface area contributed by atoms with Crippen molar-refractivity contribution in [1.29, 1.82) is 0 Å². The maximum Gasteiger partial charge on any atom is 0.0726 e. The van der Waals surface area contributed by atoms with Gasteiger partial charge in [-0.05, 0) is 30.3 Å². The molecule has 0 aliphatic carbocycles. The van der Waals surface area contributed by atoms with E-state index < -0.39 is 0 Å². The average molecular weight is 223 g/mol. The lowest BCUT2D eigenvalue weighted by Gasteiger charge is -2.05. The van der Waals surface area contributed by atoms with Crippen LogP contribution in [0.5, 0.6) is 0 Å². The van der Waals surface area contributed by atoms with Crippen LogP contribution in [-0.4, -0.2) is 9.55 Å². The molecule has 0 saturated heterocycles. The van der Waals surface area contributed by atoms with Crippen LogP contribution < -0.4 is 5.73 Å². The third-order valence-electron chi connectivity index (χ3n) is 2.78. The number of nitrogens with zero attached hydrogens (tertiary/aromatic N) is 2. The van der Waals surface area contributed by atoms with Gasteiger partial charge in [0.2, 0.25) is 0 Å². The Labute approximate surface area is 99.5 Å². The van der Waals surface area contributed by atoms with E-state index in [1.54, 1.807) is 0 Å². The Bertz CT molecular complexity index is 642. The van der Waals surface area contributed by atoms with Gasteiger partial charge in [0.05, 0.1) is 17.8 Å². The van der Waals surface area contributed by atoms with Crippen LogP contribution in [0.2, 0.25) is 0 Å². The molecule has 2 heterocycles. The summed E-state index contributed by atoms with van der Waals surface area (Å²) in [5, 5.41) is 1.12. The van der Waals surface area contributed by atoms with Gasteiger partial charge in [0.1, 0.15) is 0 Å². The molecule has 0 aliphatic heterocycles. The van der Waals surface area contributed by atoms with E-state index in [4.69, 9.17) is 5.73 Å². The number of rotatable bonds is 2. The van der Waals surface area contributed by atoms with Crippen LogP contribution in [0.3, 0.4) is 0 Å². The summed E-state index contributed by atoms with van der Waals surface area (Å²) in [5.74, 6) is 0. The zero-order valence-corrected chi connectivity index (χ0v) is 9.38. The third-order valence-corrected chi connectivity index (χ3v) is 2.78. The molecule has 0 saturated carbocycles. The van der Waals surface area contributed by atoms with E-state index >= 15 is 0 Å². The second-order valence-electron chi connectivity index (χ2n) is 4.11. The predicted molar refractivity (Wildman–Crippen MR) is 69.7 cm³/mol. The van der Waals surface area contributed by atoms with Crippen LogP contribution in [0, 0.1) is 0 Å². The molecule has 3 heteroatoms. The monoisotopic (exact) mass is 223 g/mol. The highest BCUT2D eigenvalue weighted by molar-refractivity contribution is 5.81. The minimum Gasteiger partial charge on any atom is -0.399 e. The van der Waals surface area contributed by atoms with Crippen LogP contribution in [-0.2, 0) is 6.54 Å². The zero-order chi connectivity index (χ0) is 11.7. The minimum absolute atomic E-state index is 0.753. The molecule has 3 rings (SSSR count). The maximum absolute atomic E-state index is 5.76. The number of nitrogen functional groups attached to an aromatic ring is 1. The number of aromatic nitrogens is 2. The number of hydrogen-bond acceptors (Lipinski definition) is 2. The van der Waals surface area contributed by atoms with Gasteiger partial charge in [-0.3, -0.25) is 4.98 Å². The Morgan fingerprint density at radius 2 is 1.82 bits per heavy atom. The van der Waals surface area contributed by atoms with E-state index in [9.17, 15) is 0 Å². The number of hydrogen-bond donors (Lipinski definition) is 1. The van der Waals surface area contributed by atoms with E-state index in [0.717, 1.165) is 28.8 Å². The van der Waals surface area contributed by atoms with E-state index in [0.29, 0.717) is 0 Å². The summed E-state index contributed by atoms with van der Waals surface area (Å²) in [6.07, 6.45) is 4.07. The van der Waals surface area contributed by atoms with Crippen LogP contribution in [0.25, 0.3) is 10.9 Å². The van der Waals surface area contributed by atoms with Crippen molar-refractivity contribution in [2.75, 3.05) is 5.73 Å². The molecule has 0 aliphatic rings. The first kappa shape index (κ1) is 9.90. The Balaban J connectivity index is 2.01. The zero-order valence-electron chi connectivity index (χ0n) is 9.38. The van der Waals surface area contributed by atoms with E-state index in [1.807, 2.05) is 42.7 Å². The van der Waals surface area contributed by atoms with Crippen molar-refractivity contribution in [2.45, 2.75) is 6.54 Å². The van der Waals surface area contributed by atoms with E-state index in [-0.39, 0.29) is 0 Å². The first-order valence-corrected chi connectivity index (χ1v) is 5.57. The van der Waals surface area contributed by atoms with Gasteiger partial charge in [-0.15, -0.1) is 0 Å². The minimum atomic E-state index is 0.753. The topological polar surface area (TPSA) is 43.8 Å². The third kappa shape index (κ3) is 1.99. The molecule has 3 nitrogen and oxygen atoms in total. The smallest absolute Gasteiger partial charge is 0.0726 e. The van der Waals surface area contributed by atoms with Crippen LogP contribution in [0.15, 0.2) is 54.9 Å². The molecule has 17 heavy (non-hydrogen) atoms. The van der Waals surface area contributed by atoms with E-state index in [2.05, 4.69) is 21.7 Å². The van der Waals surface area contributed by atoms with Crippen molar-refractivity contribution in [1.82, 2.24) is 9.55 Å². The fourth-order valence-corrected chi connectivity index (χ4v) is 1.93. The Morgan fingerprint density at radius 3 is 2.65 bits per heavy atom. The van der Waals surface area contributed by atoms with E-state index in [1.165, 1.54) is 0 Å². The van der Waals surface area contributed by atoms with Gasteiger partial charge in [-0.25, -0.2) is 0 Å². The molecule has 0 radical (unpaired) electrons. The molecule has 84 valence electrons. The molecule has 0 amide bonds. The number of anilines is 1. The quantitative estimate of drug-likeness (QED) is 0.679. The second-order valence-corrected chi connectivity index (χ2v) is 4.11. The second kappa shape index (κ2) is 3.94. The number of nitrogens with two attached hydrogens (primary N) is 1. The number of fused-ring (bicyclic) bond motifs is 1. The van der Waals surface area contributed by atoms with Crippen molar-refractivity contribution >= 4 is 16.6 Å². The van der Waals surface area contributed by atoms with Crippen LogP contribution in [0.4, 0.5) is 5.69 Å². The van der Waals surface area contributed by atoms with Gasteiger partial charge < -0.3 is 10.3 Å². The van der Waals surface area contributed by atoms with Gasteiger partial charge in [-0.1, -0.05) is 12.1 Å². The van der Waals surface area contributed by atoms with Crippen molar-refractivity contribution in [3.63, 3.8) is 0 Å². The molecule has 3 aromatic rings. The average Bonchev–Trinajstić information content (AvgIpc) is 2.81. The Kier molecular flexibility index (Phi) is 2.29. The van der Waals surface area contributed by atoms with Crippen molar-refractivity contribution < 1.29 is 0 Å². The van der Waals surface area contributed by atoms with Crippen molar-refractivity contribution in [3.8, 4) is 0 Å². The number of benzene rings is 1. The maximum atomic E-state index is 5.76. The summed E-state index contributed by atoms with van der Waals surface area (Å²) in [6, 6.07) is 14.0. The van der Waals surface area contributed by atoms with Gasteiger partial charge in [-0.2, -0.15) is 0 Å². The molecule has 1 aromatic carbocycles. The van der Waals surface area contributed by atoms with Crippen LogP contribution in [0.1, 0.15) is 5.69 Å². The molecule has 0 atom stereocenters. The Hall–Kier alpha value is -2.29. The normalized spacial score (nSPS) is 10.8. The largest absolute Gasteiger partial charge is 0.399 e. The van der Waals surface area contributed by atoms with Gasteiger partial charge in [0, 0.05) is 23.5 Å². The van der Waals surface area contributed by atoms with Gasteiger partial charge in [0.25, 0.3) is 0 Å². The summed E-state index contributed by atoms with van der Waals surface area (Å²) in [7, 11) is 0. The van der Waals surface area contributed by atoms with Crippen molar-refractivity contribution in [2.24, 2.45) is 0 Å². The molecule has 2 aromatic heterocycles.